The molecule has 0 aliphatic heterocycles. The van der Waals surface area contributed by atoms with Crippen LogP contribution in [0.5, 0.6) is 0 Å². The van der Waals surface area contributed by atoms with Gasteiger partial charge in [-0.25, -0.2) is 4.79 Å². The van der Waals surface area contributed by atoms with E-state index in [1.807, 2.05) is 18.2 Å². The summed E-state index contributed by atoms with van der Waals surface area (Å²) in [5.74, 6) is -0.888. The van der Waals surface area contributed by atoms with Crippen molar-refractivity contribution in [1.82, 2.24) is 10.2 Å². The van der Waals surface area contributed by atoms with E-state index in [0.717, 1.165) is 21.5 Å². The number of hydrogen-bond acceptors (Lipinski definition) is 4. The highest BCUT2D eigenvalue weighted by Crippen LogP contribution is 2.19. The number of anilines is 1. The van der Waals surface area contributed by atoms with Crippen LogP contribution < -0.4 is 5.32 Å². The summed E-state index contributed by atoms with van der Waals surface area (Å²) in [5, 5.41) is 21.7. The summed E-state index contributed by atoms with van der Waals surface area (Å²) < 4.78 is 0. The van der Waals surface area contributed by atoms with Crippen molar-refractivity contribution in [2.24, 2.45) is 0 Å². The Bertz CT molecular complexity index is 732. The molecule has 0 amide bonds. The van der Waals surface area contributed by atoms with Gasteiger partial charge in [0.05, 0.1) is 17.3 Å². The molecule has 3 rings (SSSR count). The van der Waals surface area contributed by atoms with E-state index in [-0.39, 0.29) is 0 Å². The van der Waals surface area contributed by atoms with Crippen molar-refractivity contribution in [2.45, 2.75) is 6.54 Å². The second-order valence-corrected chi connectivity index (χ2v) is 5.13. The van der Waals surface area contributed by atoms with Crippen molar-refractivity contribution >= 4 is 33.9 Å². The minimum absolute atomic E-state index is 0.339. The molecule has 0 aliphatic carbocycles. The molecular weight excluding hydrogens is 262 g/mol. The van der Waals surface area contributed by atoms with Gasteiger partial charge in [-0.2, -0.15) is 5.10 Å². The van der Waals surface area contributed by atoms with Gasteiger partial charge in [-0.15, -0.1) is 11.3 Å². The number of aromatic amines is 1. The zero-order valence-electron chi connectivity index (χ0n) is 9.88. The third-order valence-electron chi connectivity index (χ3n) is 2.81. The van der Waals surface area contributed by atoms with E-state index >= 15 is 0 Å². The first-order chi connectivity index (χ1) is 9.22. The van der Waals surface area contributed by atoms with Crippen molar-refractivity contribution < 1.29 is 9.90 Å². The molecule has 0 bridgehead atoms. The van der Waals surface area contributed by atoms with Gasteiger partial charge >= 0.3 is 5.97 Å². The highest BCUT2D eigenvalue weighted by atomic mass is 32.1. The highest BCUT2D eigenvalue weighted by molar-refractivity contribution is 7.10. The van der Waals surface area contributed by atoms with Crippen molar-refractivity contribution in [3.8, 4) is 0 Å². The standard InChI is InChI=1S/C13H11N3O2S/c17-13(18)9-3-11(19-7-9)6-14-10-2-1-8-5-15-16-12(8)4-10/h1-5,7,14H,6H2,(H,15,16)(H,17,18). The summed E-state index contributed by atoms with van der Waals surface area (Å²) in [4.78, 5) is 11.8. The van der Waals surface area contributed by atoms with Gasteiger partial charge in [0, 0.05) is 27.9 Å². The van der Waals surface area contributed by atoms with Gasteiger partial charge in [-0.3, -0.25) is 5.10 Å². The van der Waals surface area contributed by atoms with E-state index < -0.39 is 5.97 Å². The number of benzene rings is 1. The first-order valence-corrected chi connectivity index (χ1v) is 6.58. The number of carboxylic acid groups (broad SMARTS) is 1. The minimum Gasteiger partial charge on any atom is -0.478 e. The average molecular weight is 273 g/mol. The summed E-state index contributed by atoms with van der Waals surface area (Å²) in [7, 11) is 0. The molecule has 0 saturated heterocycles. The molecule has 0 saturated carbocycles. The Morgan fingerprint density at radius 3 is 3.11 bits per heavy atom. The van der Waals surface area contributed by atoms with Gasteiger partial charge < -0.3 is 10.4 Å². The topological polar surface area (TPSA) is 78.0 Å². The van der Waals surface area contributed by atoms with Gasteiger partial charge in [0.2, 0.25) is 0 Å². The molecule has 6 heteroatoms. The molecule has 19 heavy (non-hydrogen) atoms. The summed E-state index contributed by atoms with van der Waals surface area (Å²) >= 11 is 1.44. The molecule has 3 aromatic rings. The number of aromatic carboxylic acids is 1. The molecule has 5 nitrogen and oxygen atoms in total. The Morgan fingerprint density at radius 2 is 2.32 bits per heavy atom. The van der Waals surface area contributed by atoms with E-state index in [0.29, 0.717) is 12.1 Å². The first-order valence-electron chi connectivity index (χ1n) is 5.70. The molecule has 0 radical (unpaired) electrons. The highest BCUT2D eigenvalue weighted by Gasteiger charge is 2.06. The predicted octanol–water partition coefficient (Wildman–Crippen LogP) is 2.93. The quantitative estimate of drug-likeness (QED) is 0.683. The molecule has 0 atom stereocenters. The van der Waals surface area contributed by atoms with Crippen LogP contribution in [0.2, 0.25) is 0 Å². The fourth-order valence-corrected chi connectivity index (χ4v) is 2.62. The van der Waals surface area contributed by atoms with Crippen LogP contribution in [0.3, 0.4) is 0 Å². The second kappa shape index (κ2) is 4.74. The van der Waals surface area contributed by atoms with E-state index in [4.69, 9.17) is 5.11 Å². The molecule has 2 heterocycles. The molecule has 0 fully saturated rings. The largest absolute Gasteiger partial charge is 0.478 e. The summed E-state index contributed by atoms with van der Waals surface area (Å²) in [6.45, 7) is 0.609. The molecule has 1 aromatic carbocycles. The van der Waals surface area contributed by atoms with Gasteiger partial charge in [-0.1, -0.05) is 0 Å². The van der Waals surface area contributed by atoms with Crippen LogP contribution in [0.1, 0.15) is 15.2 Å². The number of carbonyl (C=O) groups is 1. The monoisotopic (exact) mass is 273 g/mol. The number of carboxylic acids is 1. The van der Waals surface area contributed by atoms with E-state index in [2.05, 4.69) is 15.5 Å². The second-order valence-electron chi connectivity index (χ2n) is 4.13. The first kappa shape index (κ1) is 11.7. The lowest BCUT2D eigenvalue weighted by Gasteiger charge is -2.04. The lowest BCUT2D eigenvalue weighted by molar-refractivity contribution is 0.0697. The number of aromatic nitrogens is 2. The van der Waals surface area contributed by atoms with Gasteiger partial charge in [0.25, 0.3) is 0 Å². The number of H-pyrrole nitrogens is 1. The molecule has 0 spiro atoms. The van der Waals surface area contributed by atoms with Crippen LogP contribution in [0.15, 0.2) is 35.8 Å². The van der Waals surface area contributed by atoms with Crippen LogP contribution in [-0.4, -0.2) is 21.3 Å². The Hall–Kier alpha value is -2.34. The van der Waals surface area contributed by atoms with Gasteiger partial charge in [0.1, 0.15) is 0 Å². The number of hydrogen-bond donors (Lipinski definition) is 3. The van der Waals surface area contributed by atoms with E-state index in [1.165, 1.54) is 11.3 Å². The van der Waals surface area contributed by atoms with E-state index in [1.54, 1.807) is 17.6 Å². The summed E-state index contributed by atoms with van der Waals surface area (Å²) in [6, 6.07) is 7.63. The van der Waals surface area contributed by atoms with Crippen molar-refractivity contribution in [3.63, 3.8) is 0 Å². The van der Waals surface area contributed by atoms with Crippen molar-refractivity contribution in [3.05, 3.63) is 46.3 Å². The number of nitrogens with one attached hydrogen (secondary N) is 2. The molecular formula is C13H11N3O2S. The minimum atomic E-state index is -0.888. The Labute approximate surface area is 112 Å². The zero-order valence-corrected chi connectivity index (χ0v) is 10.7. The summed E-state index contributed by atoms with van der Waals surface area (Å²) in [5.41, 5.74) is 2.29. The molecule has 0 aliphatic rings. The lowest BCUT2D eigenvalue weighted by atomic mass is 10.2. The summed E-state index contributed by atoms with van der Waals surface area (Å²) in [6.07, 6.45) is 1.78. The fourth-order valence-electron chi connectivity index (χ4n) is 1.82. The smallest absolute Gasteiger partial charge is 0.336 e. The van der Waals surface area contributed by atoms with Crippen LogP contribution >= 0.6 is 11.3 Å². The van der Waals surface area contributed by atoms with Crippen LogP contribution in [0, 0.1) is 0 Å². The van der Waals surface area contributed by atoms with Crippen LogP contribution in [0.25, 0.3) is 10.9 Å². The van der Waals surface area contributed by atoms with Gasteiger partial charge in [0.15, 0.2) is 0 Å². The van der Waals surface area contributed by atoms with Crippen LogP contribution in [-0.2, 0) is 6.54 Å². The normalized spacial score (nSPS) is 10.7. The molecule has 96 valence electrons. The SMILES string of the molecule is O=C(O)c1csc(CNc2ccc3cn[nH]c3c2)c1. The van der Waals surface area contributed by atoms with E-state index in [9.17, 15) is 4.79 Å². The van der Waals surface area contributed by atoms with Crippen molar-refractivity contribution in [1.29, 1.82) is 0 Å². The molecule has 2 aromatic heterocycles. The number of thiophene rings is 1. The average Bonchev–Trinajstić information content (AvgIpc) is 3.04. The fraction of sp³-hybridized carbons (Fsp3) is 0.0769. The maximum absolute atomic E-state index is 10.8. The third-order valence-corrected chi connectivity index (χ3v) is 3.75. The number of nitrogens with zero attached hydrogens (tertiary/aromatic N) is 1. The predicted molar refractivity (Wildman–Crippen MR) is 74.7 cm³/mol. The Morgan fingerprint density at radius 1 is 1.42 bits per heavy atom. The Kier molecular flexibility index (Phi) is 2.92. The lowest BCUT2D eigenvalue weighted by Crippen LogP contribution is -1.97. The third kappa shape index (κ3) is 2.43. The van der Waals surface area contributed by atoms with Crippen LogP contribution in [0.4, 0.5) is 5.69 Å². The molecule has 3 N–H and O–H groups in total. The number of rotatable bonds is 4. The van der Waals surface area contributed by atoms with Gasteiger partial charge in [-0.05, 0) is 24.3 Å². The molecule has 0 unspecified atom stereocenters. The zero-order chi connectivity index (χ0) is 13.2. The Balaban J connectivity index is 1.72. The number of fused-ring (bicyclic) bond motifs is 1. The maximum Gasteiger partial charge on any atom is 0.336 e. The van der Waals surface area contributed by atoms with Crippen molar-refractivity contribution in [2.75, 3.05) is 5.32 Å². The maximum atomic E-state index is 10.8.